The lowest BCUT2D eigenvalue weighted by Crippen LogP contribution is -2.72. The van der Waals surface area contributed by atoms with Crippen LogP contribution in [0.1, 0.15) is 90.6 Å². The third kappa shape index (κ3) is 12.6. The molecule has 10 aliphatic heterocycles. The first-order valence-corrected chi connectivity index (χ1v) is 30.9. The number of esters is 2. The van der Waals surface area contributed by atoms with Crippen molar-refractivity contribution >= 4 is 35.1 Å². The van der Waals surface area contributed by atoms with Crippen LogP contribution in [0.3, 0.4) is 0 Å². The van der Waals surface area contributed by atoms with Gasteiger partial charge in [-0.15, -0.1) is 0 Å². The van der Waals surface area contributed by atoms with Crippen molar-refractivity contribution in [1.82, 2.24) is 0 Å². The number of hydrogen-bond donors (Lipinski definition) is 9. The molecule has 10 heterocycles. The van der Waals surface area contributed by atoms with Crippen LogP contribution >= 0.6 is 23.2 Å². The van der Waals surface area contributed by atoms with E-state index in [9.17, 15) is 55.5 Å². The molecule has 0 radical (unpaired) electrons. The van der Waals surface area contributed by atoms with Gasteiger partial charge in [-0.3, -0.25) is 4.79 Å². The number of phenolic OH excluding ortho intramolecular Hbond substituents is 2. The maximum Gasteiger partial charge on any atom is 0.342 e. The number of carbonyl (C=O) groups is 2. The fourth-order valence-corrected chi connectivity index (χ4v) is 14.6. The van der Waals surface area contributed by atoms with Gasteiger partial charge in [-0.2, -0.15) is 0 Å². The van der Waals surface area contributed by atoms with Gasteiger partial charge in [-0.25, -0.2) is 4.79 Å². The lowest BCUT2D eigenvalue weighted by atomic mass is 9.80. The molecule has 10 saturated heterocycles. The summed E-state index contributed by atoms with van der Waals surface area (Å²) in [5.41, 5.74) is -3.57. The van der Waals surface area contributed by atoms with Crippen LogP contribution in [0, 0.1) is 6.92 Å². The number of aliphatic hydroxyl groups excluding tert-OH is 6. The number of aromatic hydroxyl groups is 2. The quantitative estimate of drug-likeness (QED) is 0.0976. The average Bonchev–Trinajstić information content (AvgIpc) is 1.62. The third-order valence-corrected chi connectivity index (χ3v) is 19.5. The Bertz CT molecular complexity index is 2720. The van der Waals surface area contributed by atoms with Crippen LogP contribution in [-0.2, 0) is 104 Å². The van der Waals surface area contributed by atoms with E-state index in [2.05, 4.69) is 0 Å². The molecule has 10 aliphatic rings. The number of ether oxygens (including phenoxy) is 21. The van der Waals surface area contributed by atoms with Crippen molar-refractivity contribution in [3.05, 3.63) is 21.2 Å². The first kappa shape index (κ1) is 69.6. The van der Waals surface area contributed by atoms with E-state index < -0.39 is 229 Å². The second kappa shape index (κ2) is 26.6. The standard InChI is InChI=1S/C57H82Cl2O32/c1-18-32(35(64)34(59)36(65)33(18)58)50(69)83-40-19(2)76-30(12-26(40)62)81-41-21(4)86-55(13-27(41)63)90-47-22(5)77-31(14-54(47,9)91-55)82-45-39(68)52(78-20(3)42(45)72-11)84-43-28(15-71-10)80-51(38(67)37(43)66)85-53-46(79-25(8)61)44-29(16-73-53)88-57(89-44)49-48(74-17-75-49)56(70,23(6)60)24(7)87-57/h19-24,26-31,37-49,51-53,60,62-68,70H,12-17H2,1-11H3/t19-,20-,21-,22-,23?,24-,26-,27-,28-,29+,30+,31+,37-,38+,39-,40-,41-,42+,43-,44-,45-,46-,47-,48-,49-,51+,52+,53-,54-,55?,56+,57-/m1/s1. The molecule has 11 rings (SSSR count). The van der Waals surface area contributed by atoms with Crippen LogP contribution in [-0.4, -0.2) is 287 Å². The van der Waals surface area contributed by atoms with E-state index in [0.717, 1.165) is 6.92 Å². The highest BCUT2D eigenvalue weighted by atomic mass is 35.5. The fraction of sp³-hybridized carbons (Fsp3) is 0.860. The van der Waals surface area contributed by atoms with E-state index >= 15 is 0 Å². The topological polar surface area (TPSA) is 410 Å². The zero-order valence-electron chi connectivity index (χ0n) is 51.6. The lowest BCUT2D eigenvalue weighted by molar-refractivity contribution is -0.439. The smallest absolute Gasteiger partial charge is 0.342 e. The molecule has 34 heteroatoms. The second-order valence-electron chi connectivity index (χ2n) is 25.0. The van der Waals surface area contributed by atoms with Gasteiger partial charge in [0.05, 0.1) is 73.5 Å². The Balaban J connectivity index is 0.708. The summed E-state index contributed by atoms with van der Waals surface area (Å²) in [6.07, 6.45) is -35.7. The van der Waals surface area contributed by atoms with Crippen LogP contribution in [0.5, 0.6) is 11.5 Å². The van der Waals surface area contributed by atoms with Crippen LogP contribution < -0.4 is 0 Å². The van der Waals surface area contributed by atoms with Gasteiger partial charge in [0.15, 0.2) is 55.0 Å². The Morgan fingerprint density at radius 3 is 2.01 bits per heavy atom. The number of benzene rings is 1. The van der Waals surface area contributed by atoms with Gasteiger partial charge in [-0.1, -0.05) is 23.2 Å². The minimum absolute atomic E-state index is 0.00906. The van der Waals surface area contributed by atoms with Gasteiger partial charge >= 0.3 is 17.9 Å². The largest absolute Gasteiger partial charge is 0.505 e. The highest BCUT2D eigenvalue weighted by Crippen LogP contribution is 2.53. The molecular weight excluding hydrogens is 1270 g/mol. The van der Waals surface area contributed by atoms with Crippen LogP contribution in [0.15, 0.2) is 0 Å². The normalized spacial score (nSPS) is 49.3. The van der Waals surface area contributed by atoms with Crippen molar-refractivity contribution in [1.29, 1.82) is 0 Å². The molecule has 2 spiro atoms. The first-order chi connectivity index (χ1) is 42.9. The number of phenols is 2. The SMILES string of the molecule is COC[C@H]1O[C@@H](O[C@H]2OC[C@@H]3O[C@]4(O[C@H]3[C@H]2OC(C)=O)O[C@H](C)[C@@](O)(C(C)O)[C@@H]2OCO[C@H]24)[C@@H](O)[C@@H](O)[C@@H]1O[C@@H]1O[C@H](C)[C@H](OC)[C@H](O[C@H]2C[C@@]3(C)OC4(C[C@@H](O)[C@H](O[C@H]5C[C@@H](O)[C@H](OC(=O)c6c(C)c(Cl)c(O)c(Cl)c6O)[C@@H](C)O5)[C@@H](C)O4)O[C@@H]3[C@@H](C)O2)[C@H]1O. The molecule has 0 aliphatic carbocycles. The molecular formula is C57H82Cl2O32. The Morgan fingerprint density at radius 2 is 1.34 bits per heavy atom. The van der Waals surface area contributed by atoms with Crippen LogP contribution in [0.2, 0.25) is 10.0 Å². The lowest BCUT2D eigenvalue weighted by Gasteiger charge is -2.51. The molecule has 32 atom stereocenters. The van der Waals surface area contributed by atoms with E-state index in [0.29, 0.717) is 0 Å². The number of fused-ring (bicyclic) bond motifs is 4. The molecule has 0 amide bonds. The van der Waals surface area contributed by atoms with Crippen molar-refractivity contribution in [2.45, 2.75) is 277 Å². The van der Waals surface area contributed by atoms with Gasteiger partial charge in [-0.05, 0) is 61.0 Å². The predicted octanol–water partition coefficient (Wildman–Crippen LogP) is -0.749. The van der Waals surface area contributed by atoms with E-state index in [1.165, 1.54) is 41.9 Å². The highest BCUT2D eigenvalue weighted by molar-refractivity contribution is 6.39. The number of hydrogen-bond acceptors (Lipinski definition) is 32. The summed E-state index contributed by atoms with van der Waals surface area (Å²) < 4.78 is 129. The molecule has 0 aromatic heterocycles. The Hall–Kier alpha value is -2.70. The first-order valence-electron chi connectivity index (χ1n) is 30.2. The minimum atomic E-state index is -2.04. The van der Waals surface area contributed by atoms with E-state index in [1.54, 1.807) is 27.7 Å². The summed E-state index contributed by atoms with van der Waals surface area (Å²) in [6.45, 7) is 12.8. The summed E-state index contributed by atoms with van der Waals surface area (Å²) in [7, 11) is 2.74. The molecule has 91 heavy (non-hydrogen) atoms. The van der Waals surface area contributed by atoms with Crippen molar-refractivity contribution in [2.75, 3.05) is 34.2 Å². The second-order valence-corrected chi connectivity index (χ2v) is 25.8. The van der Waals surface area contributed by atoms with Crippen LogP contribution in [0.25, 0.3) is 0 Å². The molecule has 9 N–H and O–H groups in total. The van der Waals surface area contributed by atoms with Gasteiger partial charge in [0, 0.05) is 34.0 Å². The minimum Gasteiger partial charge on any atom is -0.505 e. The molecule has 32 nitrogen and oxygen atoms in total. The van der Waals surface area contributed by atoms with E-state index in [4.69, 9.17) is 123 Å². The fourth-order valence-electron chi connectivity index (χ4n) is 14.2. The van der Waals surface area contributed by atoms with Gasteiger partial charge in [0.2, 0.25) is 6.29 Å². The third-order valence-electron chi connectivity index (χ3n) is 18.7. The number of rotatable bonds is 15. The number of aliphatic hydroxyl groups is 7. The molecule has 0 saturated carbocycles. The highest BCUT2D eigenvalue weighted by Gasteiger charge is 2.73. The maximum atomic E-state index is 13.3. The number of methoxy groups -OCH3 is 2. The summed E-state index contributed by atoms with van der Waals surface area (Å²) >= 11 is 12.1. The molecule has 10 fully saturated rings. The van der Waals surface area contributed by atoms with Gasteiger partial charge in [0.25, 0.3) is 5.97 Å². The Kier molecular flexibility index (Phi) is 20.4. The number of carbonyl (C=O) groups excluding carboxylic acids is 2. The number of halogens is 2. The van der Waals surface area contributed by atoms with Crippen LogP contribution in [0.4, 0.5) is 0 Å². The zero-order chi connectivity index (χ0) is 65.9. The maximum absolute atomic E-state index is 13.3. The average molecular weight is 1350 g/mol. The van der Waals surface area contributed by atoms with Crippen molar-refractivity contribution < 1.29 is 155 Å². The summed E-state index contributed by atoms with van der Waals surface area (Å²) in [6, 6.07) is 0. The Morgan fingerprint density at radius 1 is 0.659 bits per heavy atom. The summed E-state index contributed by atoms with van der Waals surface area (Å²) in [5, 5.41) is 101. The monoisotopic (exact) mass is 1350 g/mol. The van der Waals surface area contributed by atoms with Crippen molar-refractivity contribution in [3.8, 4) is 11.5 Å². The zero-order valence-corrected chi connectivity index (χ0v) is 53.1. The predicted molar refractivity (Wildman–Crippen MR) is 295 cm³/mol. The molecule has 1 aromatic rings. The summed E-state index contributed by atoms with van der Waals surface area (Å²) in [5.74, 6) is -7.12. The molecule has 1 aromatic carbocycles. The van der Waals surface area contributed by atoms with Crippen molar-refractivity contribution in [2.24, 2.45) is 0 Å². The van der Waals surface area contributed by atoms with Gasteiger partial charge in [0.1, 0.15) is 102 Å². The van der Waals surface area contributed by atoms with Crippen molar-refractivity contribution in [3.63, 3.8) is 0 Å². The Labute approximate surface area is 531 Å². The molecule has 2 unspecified atom stereocenters. The molecule has 516 valence electrons. The molecule has 0 bridgehead atoms. The van der Waals surface area contributed by atoms with E-state index in [-0.39, 0.29) is 49.9 Å². The van der Waals surface area contributed by atoms with Gasteiger partial charge < -0.3 is 145 Å². The van der Waals surface area contributed by atoms with E-state index in [1.807, 2.05) is 0 Å². The summed E-state index contributed by atoms with van der Waals surface area (Å²) in [4.78, 5) is 26.0.